The largest absolute Gasteiger partial charge is 0.395 e. The summed E-state index contributed by atoms with van der Waals surface area (Å²) in [5.74, 6) is 6.39. The van der Waals surface area contributed by atoms with Crippen LogP contribution < -0.4 is 5.32 Å². The third-order valence-electron chi connectivity index (χ3n) is 2.59. The number of amides is 1. The highest BCUT2D eigenvalue weighted by Gasteiger charge is 2.03. The predicted octanol–water partition coefficient (Wildman–Crippen LogP) is 2.80. The Morgan fingerprint density at radius 1 is 1.32 bits per heavy atom. The molecule has 2 N–H and O–H groups in total. The van der Waals surface area contributed by atoms with Crippen LogP contribution in [0.5, 0.6) is 0 Å². The van der Waals surface area contributed by atoms with Crippen LogP contribution in [0.15, 0.2) is 24.3 Å². The minimum absolute atomic E-state index is 0.0489. The summed E-state index contributed by atoms with van der Waals surface area (Å²) in [5, 5.41) is 11.5. The third-order valence-corrected chi connectivity index (χ3v) is 2.59. The summed E-state index contributed by atoms with van der Waals surface area (Å²) in [6.07, 6.45) is 1.93. The van der Waals surface area contributed by atoms with Crippen LogP contribution in [0.25, 0.3) is 0 Å². The summed E-state index contributed by atoms with van der Waals surface area (Å²) < 4.78 is 0. The summed E-state index contributed by atoms with van der Waals surface area (Å²) in [5.41, 5.74) is 1.68. The quantitative estimate of drug-likeness (QED) is 0.799. The molecule has 3 heteroatoms. The van der Waals surface area contributed by atoms with Crippen molar-refractivity contribution in [1.82, 2.24) is 0 Å². The SMILES string of the molecule is CC(C)CCC(=O)Nc1ccc(C#CCCO)cc1. The molecule has 0 fully saturated rings. The Kier molecular flexibility index (Phi) is 6.70. The Morgan fingerprint density at radius 3 is 2.58 bits per heavy atom. The van der Waals surface area contributed by atoms with Gasteiger partial charge in [0.1, 0.15) is 0 Å². The van der Waals surface area contributed by atoms with Gasteiger partial charge in [0.25, 0.3) is 0 Å². The van der Waals surface area contributed by atoms with E-state index >= 15 is 0 Å². The second kappa shape index (κ2) is 8.34. The first-order valence-electron chi connectivity index (χ1n) is 6.61. The first kappa shape index (κ1) is 15.3. The van der Waals surface area contributed by atoms with Crippen LogP contribution in [0.4, 0.5) is 5.69 Å². The Bertz CT molecular complexity index is 452. The van der Waals surface area contributed by atoms with E-state index in [1.54, 1.807) is 0 Å². The van der Waals surface area contributed by atoms with Gasteiger partial charge in [-0.05, 0) is 36.6 Å². The number of anilines is 1. The van der Waals surface area contributed by atoms with Gasteiger partial charge in [0.15, 0.2) is 0 Å². The van der Waals surface area contributed by atoms with Crippen LogP contribution in [0.3, 0.4) is 0 Å². The molecule has 3 nitrogen and oxygen atoms in total. The van der Waals surface area contributed by atoms with Crippen molar-refractivity contribution < 1.29 is 9.90 Å². The molecule has 0 aromatic heterocycles. The molecule has 1 amide bonds. The fraction of sp³-hybridized carbons (Fsp3) is 0.438. The molecule has 0 bridgehead atoms. The van der Waals surface area contributed by atoms with Gasteiger partial charge in [-0.1, -0.05) is 25.7 Å². The lowest BCUT2D eigenvalue weighted by Crippen LogP contribution is -2.12. The number of aliphatic hydroxyl groups excluding tert-OH is 1. The van der Waals surface area contributed by atoms with Crippen LogP contribution in [0.2, 0.25) is 0 Å². The zero-order valence-corrected chi connectivity index (χ0v) is 11.6. The maximum Gasteiger partial charge on any atom is 0.224 e. The second-order valence-corrected chi connectivity index (χ2v) is 4.83. The minimum atomic E-state index is 0.0489. The molecule has 0 heterocycles. The third kappa shape index (κ3) is 6.64. The van der Waals surface area contributed by atoms with Crippen molar-refractivity contribution in [3.8, 4) is 11.8 Å². The number of rotatable bonds is 5. The Hall–Kier alpha value is -1.79. The normalized spacial score (nSPS) is 9.89. The van der Waals surface area contributed by atoms with Crippen LogP contribution in [0.1, 0.15) is 38.7 Å². The molecule has 0 aliphatic rings. The Balaban J connectivity index is 2.48. The zero-order chi connectivity index (χ0) is 14.1. The summed E-state index contributed by atoms with van der Waals surface area (Å²) in [6, 6.07) is 7.41. The maximum atomic E-state index is 11.6. The molecule has 0 spiro atoms. The number of carbonyl (C=O) groups excluding carboxylic acids is 1. The number of hydrogen-bond acceptors (Lipinski definition) is 2. The number of nitrogens with one attached hydrogen (secondary N) is 1. The van der Waals surface area contributed by atoms with Crippen molar-refractivity contribution in [2.75, 3.05) is 11.9 Å². The molecule has 102 valence electrons. The van der Waals surface area contributed by atoms with Crippen molar-refractivity contribution in [3.05, 3.63) is 29.8 Å². The van der Waals surface area contributed by atoms with Crippen molar-refractivity contribution in [1.29, 1.82) is 0 Å². The van der Waals surface area contributed by atoms with E-state index in [9.17, 15) is 4.79 Å². The van der Waals surface area contributed by atoms with Crippen LogP contribution in [-0.4, -0.2) is 17.6 Å². The molecule has 0 unspecified atom stereocenters. The van der Waals surface area contributed by atoms with Crippen molar-refractivity contribution >= 4 is 11.6 Å². The van der Waals surface area contributed by atoms with Gasteiger partial charge in [-0.15, -0.1) is 0 Å². The summed E-state index contributed by atoms with van der Waals surface area (Å²) in [4.78, 5) is 11.6. The standard InChI is InChI=1S/C16H21NO2/c1-13(2)6-11-16(19)17-15-9-7-14(8-10-15)5-3-4-12-18/h7-10,13,18H,4,6,11-12H2,1-2H3,(H,17,19). The first-order chi connectivity index (χ1) is 9.11. The van der Waals surface area contributed by atoms with Crippen LogP contribution in [-0.2, 0) is 4.79 Å². The van der Waals surface area contributed by atoms with E-state index in [2.05, 4.69) is 31.0 Å². The molecule has 0 radical (unpaired) electrons. The molecule has 0 aliphatic heterocycles. The van der Waals surface area contributed by atoms with Crippen LogP contribution in [0, 0.1) is 17.8 Å². The van der Waals surface area contributed by atoms with Gasteiger partial charge in [-0.3, -0.25) is 4.79 Å². The lowest BCUT2D eigenvalue weighted by atomic mass is 10.1. The molecule has 0 atom stereocenters. The lowest BCUT2D eigenvalue weighted by Gasteiger charge is -2.06. The minimum Gasteiger partial charge on any atom is -0.395 e. The summed E-state index contributed by atoms with van der Waals surface area (Å²) >= 11 is 0. The second-order valence-electron chi connectivity index (χ2n) is 4.83. The first-order valence-corrected chi connectivity index (χ1v) is 6.61. The van der Waals surface area contributed by atoms with E-state index in [0.29, 0.717) is 18.8 Å². The molecule has 1 aromatic rings. The average molecular weight is 259 g/mol. The van der Waals surface area contributed by atoms with Gasteiger partial charge < -0.3 is 10.4 Å². The number of carbonyl (C=O) groups is 1. The molecular formula is C16H21NO2. The van der Waals surface area contributed by atoms with Crippen molar-refractivity contribution in [2.45, 2.75) is 33.1 Å². The van der Waals surface area contributed by atoms with E-state index in [4.69, 9.17) is 5.11 Å². The van der Waals surface area contributed by atoms with Gasteiger partial charge in [-0.2, -0.15) is 0 Å². The van der Waals surface area contributed by atoms with E-state index in [0.717, 1.165) is 17.7 Å². The van der Waals surface area contributed by atoms with E-state index in [-0.39, 0.29) is 12.5 Å². The monoisotopic (exact) mass is 259 g/mol. The number of hydrogen-bond donors (Lipinski definition) is 2. The van der Waals surface area contributed by atoms with E-state index < -0.39 is 0 Å². The molecule has 0 saturated carbocycles. The zero-order valence-electron chi connectivity index (χ0n) is 11.6. The van der Waals surface area contributed by atoms with Crippen molar-refractivity contribution in [3.63, 3.8) is 0 Å². The molecule has 1 aromatic carbocycles. The molecule has 19 heavy (non-hydrogen) atoms. The Labute approximate surface area is 115 Å². The van der Waals surface area contributed by atoms with Crippen molar-refractivity contribution in [2.24, 2.45) is 5.92 Å². The fourth-order valence-corrected chi connectivity index (χ4v) is 1.50. The van der Waals surface area contributed by atoms with Gasteiger partial charge >= 0.3 is 0 Å². The Morgan fingerprint density at radius 2 is 2.00 bits per heavy atom. The molecular weight excluding hydrogens is 238 g/mol. The number of aliphatic hydroxyl groups is 1. The predicted molar refractivity (Wildman–Crippen MR) is 77.7 cm³/mol. The van der Waals surface area contributed by atoms with Gasteiger partial charge in [0.05, 0.1) is 6.61 Å². The molecule has 1 rings (SSSR count). The average Bonchev–Trinajstić information content (AvgIpc) is 2.39. The smallest absolute Gasteiger partial charge is 0.224 e. The summed E-state index contributed by atoms with van der Waals surface area (Å²) in [7, 11) is 0. The summed E-state index contributed by atoms with van der Waals surface area (Å²) in [6.45, 7) is 4.29. The fourth-order valence-electron chi connectivity index (χ4n) is 1.50. The van der Waals surface area contributed by atoms with Crippen LogP contribution >= 0.6 is 0 Å². The van der Waals surface area contributed by atoms with E-state index in [1.807, 2.05) is 24.3 Å². The van der Waals surface area contributed by atoms with Gasteiger partial charge in [0, 0.05) is 24.1 Å². The molecule has 0 aliphatic carbocycles. The van der Waals surface area contributed by atoms with Gasteiger partial charge in [0.2, 0.25) is 5.91 Å². The highest BCUT2D eigenvalue weighted by atomic mass is 16.2. The maximum absolute atomic E-state index is 11.6. The lowest BCUT2D eigenvalue weighted by molar-refractivity contribution is -0.116. The van der Waals surface area contributed by atoms with Gasteiger partial charge in [-0.25, -0.2) is 0 Å². The number of benzene rings is 1. The molecule has 0 saturated heterocycles. The topological polar surface area (TPSA) is 49.3 Å². The van der Waals surface area contributed by atoms with E-state index in [1.165, 1.54) is 0 Å². The highest BCUT2D eigenvalue weighted by Crippen LogP contribution is 2.11. The highest BCUT2D eigenvalue weighted by molar-refractivity contribution is 5.90.